The third kappa shape index (κ3) is 3.23. The van der Waals surface area contributed by atoms with Crippen molar-refractivity contribution in [2.24, 2.45) is 5.92 Å². The van der Waals surface area contributed by atoms with E-state index in [-0.39, 0.29) is 6.10 Å². The normalized spacial score (nSPS) is 13.6. The second kappa shape index (κ2) is 4.47. The Balaban J connectivity index is 2.49. The highest BCUT2D eigenvalue weighted by molar-refractivity contribution is 5.12. The van der Waals surface area contributed by atoms with Gasteiger partial charge < -0.3 is 9.67 Å². The second-order valence-corrected chi connectivity index (χ2v) is 4.04. The number of rotatable bonds is 4. The number of aryl methyl sites for hydroxylation is 1. The number of nitrogens with zero attached hydrogens (tertiary/aromatic N) is 1. The zero-order valence-electron chi connectivity index (χ0n) is 8.70. The van der Waals surface area contributed by atoms with Crippen molar-refractivity contribution in [3.63, 3.8) is 0 Å². The Morgan fingerprint density at radius 1 is 1.38 bits per heavy atom. The Hall–Kier alpha value is -0.760. The minimum absolute atomic E-state index is 0.347. The minimum atomic E-state index is -0.347. The highest BCUT2D eigenvalue weighted by Gasteiger charge is 2.02. The first-order valence-corrected chi connectivity index (χ1v) is 4.93. The Morgan fingerprint density at radius 3 is 2.54 bits per heavy atom. The van der Waals surface area contributed by atoms with Gasteiger partial charge in [-0.15, -0.1) is 0 Å². The summed E-state index contributed by atoms with van der Waals surface area (Å²) in [4.78, 5) is 0. The molecule has 0 bridgehead atoms. The van der Waals surface area contributed by atoms with Gasteiger partial charge in [-0.2, -0.15) is 0 Å². The summed E-state index contributed by atoms with van der Waals surface area (Å²) in [5.41, 5.74) is 1.00. The average molecular weight is 181 g/mol. The molecule has 0 aliphatic rings. The van der Waals surface area contributed by atoms with Crippen LogP contribution in [-0.4, -0.2) is 9.67 Å². The molecule has 0 saturated carbocycles. The molecule has 1 heterocycles. The van der Waals surface area contributed by atoms with Crippen LogP contribution in [0.25, 0.3) is 0 Å². The summed E-state index contributed by atoms with van der Waals surface area (Å²) in [6, 6.07) is 1.98. The molecule has 1 atom stereocenters. The van der Waals surface area contributed by atoms with Gasteiger partial charge in [-0.1, -0.05) is 13.8 Å². The molecular formula is C11H19NO. The highest BCUT2D eigenvalue weighted by Crippen LogP contribution is 2.12. The maximum atomic E-state index is 9.30. The van der Waals surface area contributed by atoms with Crippen LogP contribution in [0, 0.1) is 5.92 Å². The summed E-state index contributed by atoms with van der Waals surface area (Å²) in [6.45, 7) is 7.28. The van der Waals surface area contributed by atoms with Gasteiger partial charge in [-0.05, 0) is 30.9 Å². The summed E-state index contributed by atoms with van der Waals surface area (Å²) in [7, 11) is 0. The van der Waals surface area contributed by atoms with Crippen LogP contribution in [0.2, 0.25) is 0 Å². The minimum Gasteiger partial charge on any atom is -0.389 e. The van der Waals surface area contributed by atoms with Crippen molar-refractivity contribution in [2.45, 2.75) is 39.8 Å². The Morgan fingerprint density at radius 2 is 2.08 bits per heavy atom. The summed E-state index contributed by atoms with van der Waals surface area (Å²) in [5.74, 6) is 0.734. The van der Waals surface area contributed by atoms with E-state index in [1.807, 2.05) is 18.5 Å². The van der Waals surface area contributed by atoms with Gasteiger partial charge in [0.05, 0.1) is 6.10 Å². The first-order valence-electron chi connectivity index (χ1n) is 4.93. The fraction of sp³-hybridized carbons (Fsp3) is 0.636. The number of hydrogen-bond donors (Lipinski definition) is 1. The predicted octanol–water partition coefficient (Wildman–Crippen LogP) is 2.59. The van der Waals surface area contributed by atoms with Crippen molar-refractivity contribution in [3.05, 3.63) is 24.0 Å². The first-order chi connectivity index (χ1) is 6.09. The van der Waals surface area contributed by atoms with E-state index in [0.717, 1.165) is 18.0 Å². The number of aromatic nitrogens is 1. The van der Waals surface area contributed by atoms with E-state index in [2.05, 4.69) is 18.4 Å². The van der Waals surface area contributed by atoms with E-state index < -0.39 is 0 Å². The van der Waals surface area contributed by atoms with Crippen molar-refractivity contribution in [2.75, 3.05) is 0 Å². The van der Waals surface area contributed by atoms with Crippen LogP contribution >= 0.6 is 0 Å². The molecule has 0 aliphatic carbocycles. The van der Waals surface area contributed by atoms with Crippen molar-refractivity contribution < 1.29 is 5.11 Å². The Labute approximate surface area is 80.2 Å². The molecule has 0 saturated heterocycles. The Kier molecular flexibility index (Phi) is 3.55. The molecule has 2 nitrogen and oxygen atoms in total. The molecule has 1 rings (SSSR count). The Bertz CT molecular complexity index is 250. The van der Waals surface area contributed by atoms with E-state index in [4.69, 9.17) is 0 Å². The quantitative estimate of drug-likeness (QED) is 0.758. The van der Waals surface area contributed by atoms with Crippen molar-refractivity contribution in [3.8, 4) is 0 Å². The van der Waals surface area contributed by atoms with E-state index in [0.29, 0.717) is 0 Å². The van der Waals surface area contributed by atoms with Gasteiger partial charge in [0.2, 0.25) is 0 Å². The molecule has 1 unspecified atom stereocenters. The van der Waals surface area contributed by atoms with Crippen LogP contribution in [0.15, 0.2) is 18.5 Å². The molecule has 0 radical (unpaired) electrons. The van der Waals surface area contributed by atoms with Gasteiger partial charge in [-0.25, -0.2) is 0 Å². The zero-order valence-corrected chi connectivity index (χ0v) is 8.70. The fourth-order valence-electron chi connectivity index (χ4n) is 1.25. The van der Waals surface area contributed by atoms with Crippen molar-refractivity contribution >= 4 is 0 Å². The molecule has 13 heavy (non-hydrogen) atoms. The van der Waals surface area contributed by atoms with Gasteiger partial charge in [-0.3, -0.25) is 0 Å². The number of hydrogen-bond acceptors (Lipinski definition) is 1. The van der Waals surface area contributed by atoms with Gasteiger partial charge in [0, 0.05) is 18.9 Å². The maximum absolute atomic E-state index is 9.30. The van der Waals surface area contributed by atoms with Gasteiger partial charge in [0.1, 0.15) is 0 Å². The topological polar surface area (TPSA) is 25.2 Å². The molecule has 0 aromatic carbocycles. The van der Waals surface area contributed by atoms with Crippen LogP contribution in [-0.2, 0) is 6.54 Å². The standard InChI is InChI=1S/C11H19NO/c1-9(2)4-6-12-7-5-11(8-12)10(3)13/h5,7-10,13H,4,6H2,1-3H3. The van der Waals surface area contributed by atoms with E-state index in [1.165, 1.54) is 6.42 Å². The van der Waals surface area contributed by atoms with Crippen LogP contribution < -0.4 is 0 Å². The lowest BCUT2D eigenvalue weighted by molar-refractivity contribution is 0.199. The third-order valence-electron chi connectivity index (χ3n) is 2.22. The van der Waals surface area contributed by atoms with Gasteiger partial charge in [0.15, 0.2) is 0 Å². The van der Waals surface area contributed by atoms with Gasteiger partial charge in [0.25, 0.3) is 0 Å². The summed E-state index contributed by atoms with van der Waals surface area (Å²) in [5, 5.41) is 9.30. The van der Waals surface area contributed by atoms with Gasteiger partial charge >= 0.3 is 0 Å². The van der Waals surface area contributed by atoms with E-state index in [9.17, 15) is 5.11 Å². The van der Waals surface area contributed by atoms with Crippen LogP contribution in [0.4, 0.5) is 0 Å². The lowest BCUT2D eigenvalue weighted by Gasteiger charge is -2.05. The molecule has 0 amide bonds. The summed E-state index contributed by atoms with van der Waals surface area (Å²) < 4.78 is 2.14. The van der Waals surface area contributed by atoms with Crippen LogP contribution in [0.1, 0.15) is 38.9 Å². The van der Waals surface area contributed by atoms with E-state index >= 15 is 0 Å². The maximum Gasteiger partial charge on any atom is 0.0776 e. The highest BCUT2D eigenvalue weighted by atomic mass is 16.3. The summed E-state index contributed by atoms with van der Waals surface area (Å²) in [6.07, 6.45) is 4.89. The summed E-state index contributed by atoms with van der Waals surface area (Å²) >= 11 is 0. The second-order valence-electron chi connectivity index (χ2n) is 4.04. The molecule has 0 aliphatic heterocycles. The van der Waals surface area contributed by atoms with Crippen LogP contribution in [0.3, 0.4) is 0 Å². The molecule has 74 valence electrons. The molecular weight excluding hydrogens is 162 g/mol. The molecule has 1 aromatic rings. The predicted molar refractivity (Wildman–Crippen MR) is 54.5 cm³/mol. The molecule has 1 N–H and O–H groups in total. The van der Waals surface area contributed by atoms with Crippen molar-refractivity contribution in [1.29, 1.82) is 0 Å². The number of aliphatic hydroxyl groups excluding tert-OH is 1. The van der Waals surface area contributed by atoms with E-state index in [1.54, 1.807) is 6.92 Å². The average Bonchev–Trinajstić information content (AvgIpc) is 2.48. The smallest absolute Gasteiger partial charge is 0.0776 e. The van der Waals surface area contributed by atoms with Crippen molar-refractivity contribution in [1.82, 2.24) is 4.57 Å². The fourth-order valence-corrected chi connectivity index (χ4v) is 1.25. The largest absolute Gasteiger partial charge is 0.389 e. The SMILES string of the molecule is CC(C)CCn1ccc(C(C)O)c1. The molecule has 1 aromatic heterocycles. The molecule has 0 spiro atoms. The molecule has 0 fully saturated rings. The zero-order chi connectivity index (χ0) is 9.84. The molecule has 2 heteroatoms. The lowest BCUT2D eigenvalue weighted by atomic mass is 10.1. The third-order valence-corrected chi connectivity index (χ3v) is 2.22. The lowest BCUT2D eigenvalue weighted by Crippen LogP contribution is -1.98. The number of aliphatic hydroxyl groups is 1. The van der Waals surface area contributed by atoms with Crippen LogP contribution in [0.5, 0.6) is 0 Å². The first kappa shape index (κ1) is 10.3. The monoisotopic (exact) mass is 181 g/mol.